The highest BCUT2D eigenvalue weighted by Crippen LogP contribution is 2.28. The second-order valence-electron chi connectivity index (χ2n) is 3.73. The molecule has 0 fully saturated rings. The van der Waals surface area contributed by atoms with Crippen LogP contribution in [0.3, 0.4) is 0 Å². The van der Waals surface area contributed by atoms with E-state index in [1.807, 2.05) is 13.8 Å². The molecule has 1 amide bonds. The van der Waals surface area contributed by atoms with Crippen molar-refractivity contribution in [3.05, 3.63) is 23.8 Å². The quantitative estimate of drug-likeness (QED) is 0.788. The van der Waals surface area contributed by atoms with Crippen LogP contribution >= 0.6 is 0 Å². The van der Waals surface area contributed by atoms with Gasteiger partial charge in [-0.1, -0.05) is 0 Å². The lowest BCUT2D eigenvalue weighted by atomic mass is 10.2. The molecule has 0 heterocycles. The molecule has 0 unspecified atom stereocenters. The standard InChI is InChI=1S/C13H19NO3/c1-5-16-11-8-7-10(13(15)14(3)4)9-12(11)17-6-2/h7-9H,5-6H2,1-4H3. The third kappa shape index (κ3) is 3.37. The Labute approximate surface area is 102 Å². The van der Waals surface area contributed by atoms with Gasteiger partial charge in [-0.2, -0.15) is 0 Å². The number of hydrogen-bond acceptors (Lipinski definition) is 3. The highest BCUT2D eigenvalue weighted by Gasteiger charge is 2.12. The van der Waals surface area contributed by atoms with Crippen molar-refractivity contribution in [2.75, 3.05) is 27.3 Å². The lowest BCUT2D eigenvalue weighted by molar-refractivity contribution is 0.0827. The van der Waals surface area contributed by atoms with Crippen molar-refractivity contribution in [3.63, 3.8) is 0 Å². The first-order chi connectivity index (χ1) is 8.10. The second kappa shape index (κ2) is 6.13. The van der Waals surface area contributed by atoms with Gasteiger partial charge in [0.15, 0.2) is 11.5 Å². The predicted octanol–water partition coefficient (Wildman–Crippen LogP) is 2.19. The summed E-state index contributed by atoms with van der Waals surface area (Å²) in [7, 11) is 3.44. The molecule has 1 aromatic carbocycles. The van der Waals surface area contributed by atoms with Crippen LogP contribution in [0.5, 0.6) is 11.5 Å². The summed E-state index contributed by atoms with van der Waals surface area (Å²) in [6, 6.07) is 5.23. The monoisotopic (exact) mass is 237 g/mol. The molecule has 0 aliphatic carbocycles. The van der Waals surface area contributed by atoms with Crippen LogP contribution < -0.4 is 9.47 Å². The fourth-order valence-electron chi connectivity index (χ4n) is 1.44. The summed E-state index contributed by atoms with van der Waals surface area (Å²) in [6.45, 7) is 4.92. The Morgan fingerprint density at radius 3 is 2.24 bits per heavy atom. The Hall–Kier alpha value is -1.71. The van der Waals surface area contributed by atoms with Crippen molar-refractivity contribution in [1.29, 1.82) is 0 Å². The number of ether oxygens (including phenoxy) is 2. The zero-order chi connectivity index (χ0) is 12.8. The molecule has 0 aliphatic heterocycles. The van der Waals surface area contributed by atoms with Crippen LogP contribution in [0.1, 0.15) is 24.2 Å². The average Bonchev–Trinajstić information content (AvgIpc) is 2.31. The number of benzene rings is 1. The number of carbonyl (C=O) groups excluding carboxylic acids is 1. The Bertz CT molecular complexity index is 388. The molecule has 0 saturated heterocycles. The summed E-state index contributed by atoms with van der Waals surface area (Å²) in [6.07, 6.45) is 0. The van der Waals surface area contributed by atoms with E-state index in [1.54, 1.807) is 32.3 Å². The molecule has 4 heteroatoms. The molecule has 0 saturated carbocycles. The Morgan fingerprint density at radius 2 is 1.71 bits per heavy atom. The van der Waals surface area contributed by atoms with Crippen molar-refractivity contribution in [1.82, 2.24) is 4.90 Å². The molecule has 0 radical (unpaired) electrons. The van der Waals surface area contributed by atoms with E-state index in [2.05, 4.69) is 0 Å². The van der Waals surface area contributed by atoms with E-state index in [0.717, 1.165) is 0 Å². The lowest BCUT2D eigenvalue weighted by Gasteiger charge is -2.14. The van der Waals surface area contributed by atoms with E-state index in [9.17, 15) is 4.79 Å². The molecule has 94 valence electrons. The number of hydrogen-bond donors (Lipinski definition) is 0. The van der Waals surface area contributed by atoms with E-state index >= 15 is 0 Å². The van der Waals surface area contributed by atoms with Crippen LogP contribution in [0.2, 0.25) is 0 Å². The van der Waals surface area contributed by atoms with E-state index in [4.69, 9.17) is 9.47 Å². The Kier molecular flexibility index (Phi) is 4.82. The third-order valence-corrected chi connectivity index (χ3v) is 2.20. The van der Waals surface area contributed by atoms with Crippen LogP contribution in [-0.4, -0.2) is 38.1 Å². The molecular weight excluding hydrogens is 218 g/mol. The molecular formula is C13H19NO3. The first-order valence-electron chi connectivity index (χ1n) is 5.71. The van der Waals surface area contributed by atoms with Crippen LogP contribution in [0.25, 0.3) is 0 Å². The fraction of sp³-hybridized carbons (Fsp3) is 0.462. The van der Waals surface area contributed by atoms with Crippen molar-refractivity contribution < 1.29 is 14.3 Å². The van der Waals surface area contributed by atoms with E-state index in [-0.39, 0.29) is 5.91 Å². The van der Waals surface area contributed by atoms with Crippen LogP contribution in [0.4, 0.5) is 0 Å². The summed E-state index contributed by atoms with van der Waals surface area (Å²) < 4.78 is 10.9. The summed E-state index contributed by atoms with van der Waals surface area (Å²) in [5, 5.41) is 0. The van der Waals surface area contributed by atoms with Gasteiger partial charge in [0.05, 0.1) is 13.2 Å². The van der Waals surface area contributed by atoms with Gasteiger partial charge in [-0.05, 0) is 32.0 Å². The van der Waals surface area contributed by atoms with Crippen molar-refractivity contribution >= 4 is 5.91 Å². The molecule has 1 aromatic rings. The number of carbonyl (C=O) groups is 1. The Balaban J connectivity index is 3.04. The van der Waals surface area contributed by atoms with Crippen molar-refractivity contribution in [2.45, 2.75) is 13.8 Å². The average molecular weight is 237 g/mol. The summed E-state index contributed by atoms with van der Waals surface area (Å²) in [4.78, 5) is 13.3. The minimum atomic E-state index is -0.0472. The normalized spacial score (nSPS) is 9.88. The van der Waals surface area contributed by atoms with Crippen molar-refractivity contribution in [2.24, 2.45) is 0 Å². The van der Waals surface area contributed by atoms with Crippen molar-refractivity contribution in [3.8, 4) is 11.5 Å². The molecule has 0 aliphatic rings. The Morgan fingerprint density at radius 1 is 1.12 bits per heavy atom. The number of rotatable bonds is 5. The summed E-state index contributed by atoms with van der Waals surface area (Å²) in [5.41, 5.74) is 0.599. The molecule has 0 bridgehead atoms. The van der Waals surface area contributed by atoms with E-state index in [1.165, 1.54) is 4.90 Å². The van der Waals surface area contributed by atoms with E-state index in [0.29, 0.717) is 30.3 Å². The predicted molar refractivity (Wildman–Crippen MR) is 66.8 cm³/mol. The number of nitrogens with zero attached hydrogens (tertiary/aromatic N) is 1. The van der Waals surface area contributed by atoms with Gasteiger partial charge in [0, 0.05) is 19.7 Å². The van der Waals surface area contributed by atoms with Gasteiger partial charge in [0.25, 0.3) is 5.91 Å². The molecule has 0 spiro atoms. The fourth-order valence-corrected chi connectivity index (χ4v) is 1.44. The first kappa shape index (κ1) is 13.4. The molecule has 1 rings (SSSR count). The zero-order valence-corrected chi connectivity index (χ0v) is 10.8. The molecule has 0 atom stereocenters. The minimum Gasteiger partial charge on any atom is -0.490 e. The van der Waals surface area contributed by atoms with Gasteiger partial charge in [-0.25, -0.2) is 0 Å². The van der Waals surface area contributed by atoms with Crippen LogP contribution in [0, 0.1) is 0 Å². The maximum absolute atomic E-state index is 11.8. The molecule has 0 N–H and O–H groups in total. The van der Waals surface area contributed by atoms with Gasteiger partial charge < -0.3 is 14.4 Å². The van der Waals surface area contributed by atoms with Crippen LogP contribution in [-0.2, 0) is 0 Å². The molecule has 4 nitrogen and oxygen atoms in total. The molecule has 17 heavy (non-hydrogen) atoms. The second-order valence-corrected chi connectivity index (χ2v) is 3.73. The van der Waals surface area contributed by atoms with Crippen LogP contribution in [0.15, 0.2) is 18.2 Å². The summed E-state index contributed by atoms with van der Waals surface area (Å²) >= 11 is 0. The third-order valence-electron chi connectivity index (χ3n) is 2.20. The van der Waals surface area contributed by atoms with Gasteiger partial charge in [0.2, 0.25) is 0 Å². The largest absolute Gasteiger partial charge is 0.490 e. The lowest BCUT2D eigenvalue weighted by Crippen LogP contribution is -2.21. The van der Waals surface area contributed by atoms with Gasteiger partial charge in [-0.3, -0.25) is 4.79 Å². The minimum absolute atomic E-state index is 0.0472. The molecule has 0 aromatic heterocycles. The summed E-state index contributed by atoms with van der Waals surface area (Å²) in [5.74, 6) is 1.24. The number of amides is 1. The topological polar surface area (TPSA) is 38.8 Å². The first-order valence-corrected chi connectivity index (χ1v) is 5.71. The highest BCUT2D eigenvalue weighted by atomic mass is 16.5. The maximum Gasteiger partial charge on any atom is 0.253 e. The maximum atomic E-state index is 11.8. The zero-order valence-electron chi connectivity index (χ0n) is 10.8. The highest BCUT2D eigenvalue weighted by molar-refractivity contribution is 5.94. The SMILES string of the molecule is CCOc1ccc(C(=O)N(C)C)cc1OCC. The van der Waals surface area contributed by atoms with E-state index < -0.39 is 0 Å². The van der Waals surface area contributed by atoms with Gasteiger partial charge in [-0.15, -0.1) is 0 Å². The smallest absolute Gasteiger partial charge is 0.253 e. The van der Waals surface area contributed by atoms with Gasteiger partial charge in [0.1, 0.15) is 0 Å². The van der Waals surface area contributed by atoms with Gasteiger partial charge >= 0.3 is 0 Å².